The third-order valence-electron chi connectivity index (χ3n) is 1.97. The van der Waals surface area contributed by atoms with E-state index < -0.39 is 0 Å². The molecule has 2 aromatic rings. The number of anilines is 2. The minimum Gasteiger partial charge on any atom is -0.382 e. The van der Waals surface area contributed by atoms with Crippen molar-refractivity contribution in [1.82, 2.24) is 19.9 Å². The number of aromatic amines is 1. The monoisotopic (exact) mass is 207 g/mol. The first-order valence-electron chi connectivity index (χ1n) is 4.72. The number of nitrogens with one attached hydrogen (secondary N) is 2. The van der Waals surface area contributed by atoms with Gasteiger partial charge in [0.2, 0.25) is 5.95 Å². The largest absolute Gasteiger partial charge is 0.382 e. The summed E-state index contributed by atoms with van der Waals surface area (Å²) in [5.74, 6) is 0.870. The highest BCUT2D eigenvalue weighted by Gasteiger charge is 2.06. The number of nitrogen functional groups attached to an aromatic ring is 1. The molecule has 0 saturated heterocycles. The van der Waals surface area contributed by atoms with E-state index in [9.17, 15) is 0 Å². The number of nitrogens with two attached hydrogens (primary N) is 2. The Balaban J connectivity index is 2.21. The topological polar surface area (TPSA) is 119 Å². The van der Waals surface area contributed by atoms with Crippen LogP contribution in [0.1, 0.15) is 6.42 Å². The molecule has 0 radical (unpaired) electrons. The zero-order valence-corrected chi connectivity index (χ0v) is 8.20. The molecular weight excluding hydrogens is 194 g/mol. The Morgan fingerprint density at radius 3 is 3.07 bits per heavy atom. The second-order valence-electron chi connectivity index (χ2n) is 3.10. The van der Waals surface area contributed by atoms with Crippen LogP contribution in [0.5, 0.6) is 0 Å². The molecule has 2 aromatic heterocycles. The second kappa shape index (κ2) is 4.09. The molecule has 6 N–H and O–H groups in total. The quantitative estimate of drug-likeness (QED) is 0.511. The molecule has 7 heteroatoms. The minimum atomic E-state index is 0.372. The molecule has 7 nitrogen and oxygen atoms in total. The van der Waals surface area contributed by atoms with Gasteiger partial charge in [-0.2, -0.15) is 9.97 Å². The fourth-order valence-electron chi connectivity index (χ4n) is 1.24. The van der Waals surface area contributed by atoms with Crippen molar-refractivity contribution in [3.8, 4) is 0 Å². The van der Waals surface area contributed by atoms with E-state index in [-0.39, 0.29) is 0 Å². The first-order valence-corrected chi connectivity index (χ1v) is 4.72. The molecule has 0 aromatic carbocycles. The van der Waals surface area contributed by atoms with Gasteiger partial charge in [-0.05, 0) is 13.0 Å². The SMILES string of the molecule is NCCCNc1nc(N)c2nc[nH]c2n1. The summed E-state index contributed by atoms with van der Waals surface area (Å²) in [6.45, 7) is 1.37. The van der Waals surface area contributed by atoms with Crippen LogP contribution in [0.4, 0.5) is 11.8 Å². The van der Waals surface area contributed by atoms with Crippen LogP contribution in [0.15, 0.2) is 6.33 Å². The maximum Gasteiger partial charge on any atom is 0.226 e. The highest BCUT2D eigenvalue weighted by atomic mass is 15.2. The number of hydrogen-bond donors (Lipinski definition) is 4. The lowest BCUT2D eigenvalue weighted by Gasteiger charge is -2.03. The van der Waals surface area contributed by atoms with Crippen molar-refractivity contribution in [3.05, 3.63) is 6.33 Å². The van der Waals surface area contributed by atoms with Crippen molar-refractivity contribution < 1.29 is 0 Å². The van der Waals surface area contributed by atoms with E-state index in [1.807, 2.05) is 0 Å². The Bertz CT molecular complexity index is 449. The lowest BCUT2D eigenvalue weighted by atomic mass is 10.4. The summed E-state index contributed by atoms with van der Waals surface area (Å²) in [6, 6.07) is 0. The van der Waals surface area contributed by atoms with E-state index in [4.69, 9.17) is 11.5 Å². The van der Waals surface area contributed by atoms with E-state index in [0.29, 0.717) is 29.5 Å². The molecule has 0 unspecified atom stereocenters. The fraction of sp³-hybridized carbons (Fsp3) is 0.375. The molecule has 0 aliphatic heterocycles. The summed E-state index contributed by atoms with van der Waals surface area (Å²) in [6.07, 6.45) is 2.41. The number of H-pyrrole nitrogens is 1. The van der Waals surface area contributed by atoms with Gasteiger partial charge < -0.3 is 21.8 Å². The number of aromatic nitrogens is 4. The summed E-state index contributed by atoms with van der Waals surface area (Å²) < 4.78 is 0. The third-order valence-corrected chi connectivity index (χ3v) is 1.97. The maximum atomic E-state index is 5.71. The van der Waals surface area contributed by atoms with Crippen LogP contribution in [0.2, 0.25) is 0 Å². The molecule has 0 fully saturated rings. The van der Waals surface area contributed by atoms with E-state index >= 15 is 0 Å². The lowest BCUT2D eigenvalue weighted by Crippen LogP contribution is -2.11. The highest BCUT2D eigenvalue weighted by Crippen LogP contribution is 2.14. The molecule has 0 bridgehead atoms. The number of fused-ring (bicyclic) bond motifs is 1. The molecule has 0 amide bonds. The molecule has 0 aliphatic carbocycles. The van der Waals surface area contributed by atoms with E-state index in [0.717, 1.165) is 13.0 Å². The molecule has 0 atom stereocenters. The van der Waals surface area contributed by atoms with Gasteiger partial charge in [0, 0.05) is 6.54 Å². The van der Waals surface area contributed by atoms with Crippen molar-refractivity contribution in [2.24, 2.45) is 5.73 Å². The van der Waals surface area contributed by atoms with E-state index in [2.05, 4.69) is 25.3 Å². The van der Waals surface area contributed by atoms with Gasteiger partial charge in [0.05, 0.1) is 6.33 Å². The minimum absolute atomic E-state index is 0.372. The molecular formula is C8H13N7. The first-order chi connectivity index (χ1) is 7.31. The maximum absolute atomic E-state index is 5.71. The molecule has 2 rings (SSSR count). The van der Waals surface area contributed by atoms with Crippen LogP contribution in [-0.4, -0.2) is 33.0 Å². The van der Waals surface area contributed by atoms with Crippen molar-refractivity contribution >= 4 is 22.9 Å². The van der Waals surface area contributed by atoms with E-state index in [1.54, 1.807) is 6.33 Å². The average molecular weight is 207 g/mol. The van der Waals surface area contributed by atoms with Crippen molar-refractivity contribution in [2.75, 3.05) is 24.1 Å². The first kappa shape index (κ1) is 9.66. The van der Waals surface area contributed by atoms with Crippen molar-refractivity contribution in [2.45, 2.75) is 6.42 Å². The van der Waals surface area contributed by atoms with Crippen LogP contribution in [-0.2, 0) is 0 Å². The van der Waals surface area contributed by atoms with Crippen LogP contribution in [0, 0.1) is 0 Å². The predicted molar refractivity (Wildman–Crippen MR) is 58.3 cm³/mol. The third kappa shape index (κ3) is 1.96. The zero-order chi connectivity index (χ0) is 10.7. The van der Waals surface area contributed by atoms with Crippen LogP contribution in [0.25, 0.3) is 11.2 Å². The summed E-state index contributed by atoms with van der Waals surface area (Å²) in [7, 11) is 0. The summed E-state index contributed by atoms with van der Waals surface area (Å²) >= 11 is 0. The van der Waals surface area contributed by atoms with Crippen LogP contribution >= 0.6 is 0 Å². The highest BCUT2D eigenvalue weighted by molar-refractivity contribution is 5.82. The van der Waals surface area contributed by atoms with Crippen molar-refractivity contribution in [3.63, 3.8) is 0 Å². The number of hydrogen-bond acceptors (Lipinski definition) is 6. The van der Waals surface area contributed by atoms with Gasteiger partial charge in [-0.3, -0.25) is 0 Å². The van der Waals surface area contributed by atoms with E-state index in [1.165, 1.54) is 0 Å². The molecule has 0 saturated carbocycles. The molecule has 15 heavy (non-hydrogen) atoms. The number of nitrogens with zero attached hydrogens (tertiary/aromatic N) is 3. The number of imidazole rings is 1. The normalized spacial score (nSPS) is 10.7. The molecule has 0 spiro atoms. The predicted octanol–water partition coefficient (Wildman–Crippen LogP) is -0.304. The smallest absolute Gasteiger partial charge is 0.226 e. The molecule has 80 valence electrons. The van der Waals surface area contributed by atoms with Gasteiger partial charge >= 0.3 is 0 Å². The summed E-state index contributed by atoms with van der Waals surface area (Å²) in [5, 5.41) is 3.04. The summed E-state index contributed by atoms with van der Waals surface area (Å²) in [4.78, 5) is 15.2. The fourth-order valence-corrected chi connectivity index (χ4v) is 1.24. The Kier molecular flexibility index (Phi) is 2.64. The number of rotatable bonds is 4. The zero-order valence-electron chi connectivity index (χ0n) is 8.20. The Morgan fingerprint density at radius 2 is 2.27 bits per heavy atom. The van der Waals surface area contributed by atoms with Gasteiger partial charge in [-0.15, -0.1) is 0 Å². The van der Waals surface area contributed by atoms with Gasteiger partial charge in [-0.25, -0.2) is 4.98 Å². The standard InChI is InChI=1S/C8H13N7/c9-2-1-3-11-8-14-6(10)5-7(15-8)13-4-12-5/h4H,1-3,9H2,(H4,10,11,12,13,14,15). The van der Waals surface area contributed by atoms with Crippen LogP contribution < -0.4 is 16.8 Å². The second-order valence-corrected chi connectivity index (χ2v) is 3.10. The van der Waals surface area contributed by atoms with Crippen LogP contribution in [0.3, 0.4) is 0 Å². The average Bonchev–Trinajstić information content (AvgIpc) is 2.66. The molecule has 0 aliphatic rings. The van der Waals surface area contributed by atoms with Crippen molar-refractivity contribution in [1.29, 1.82) is 0 Å². The van der Waals surface area contributed by atoms with Gasteiger partial charge in [-0.1, -0.05) is 0 Å². The lowest BCUT2D eigenvalue weighted by molar-refractivity contribution is 0.865. The Hall–Kier alpha value is -1.89. The summed E-state index contributed by atoms with van der Waals surface area (Å²) in [5.41, 5.74) is 12.3. The Labute approximate surface area is 86.3 Å². The van der Waals surface area contributed by atoms with Gasteiger partial charge in [0.15, 0.2) is 11.5 Å². The Morgan fingerprint density at radius 1 is 1.40 bits per heavy atom. The molecule has 2 heterocycles. The van der Waals surface area contributed by atoms with Gasteiger partial charge in [0.1, 0.15) is 5.52 Å². The van der Waals surface area contributed by atoms with Gasteiger partial charge in [0.25, 0.3) is 0 Å².